The topological polar surface area (TPSA) is 156 Å². The summed E-state index contributed by atoms with van der Waals surface area (Å²) in [5.41, 5.74) is 14.9. The molecule has 1 aromatic rings. The highest BCUT2D eigenvalue weighted by molar-refractivity contribution is 6.47. The highest BCUT2D eigenvalue weighted by Crippen LogP contribution is 2.25. The van der Waals surface area contributed by atoms with Gasteiger partial charge in [0.1, 0.15) is 5.71 Å². The fraction of sp³-hybridized carbons (Fsp3) is 0. The summed E-state index contributed by atoms with van der Waals surface area (Å²) in [5, 5.41) is 19.2. The Balaban J connectivity index is 3.20. The van der Waals surface area contributed by atoms with Gasteiger partial charge in [-0.05, 0) is 6.07 Å². The lowest BCUT2D eigenvalue weighted by molar-refractivity contribution is -0.102. The number of halogens is 2. The number of carbonyl (C=O) groups is 1. The van der Waals surface area contributed by atoms with E-state index in [1.54, 1.807) is 12.1 Å². The van der Waals surface area contributed by atoms with Crippen molar-refractivity contribution in [3.05, 3.63) is 33.8 Å². The second-order valence-electron chi connectivity index (χ2n) is 3.57. The number of benzene rings is 1. The van der Waals surface area contributed by atoms with Crippen molar-refractivity contribution in [2.24, 2.45) is 16.6 Å². The smallest absolute Gasteiger partial charge is 0.207 e. The summed E-state index contributed by atoms with van der Waals surface area (Å²) in [6.07, 6.45) is 0.425. The zero-order chi connectivity index (χ0) is 16.0. The quantitative estimate of drug-likeness (QED) is 0.193. The first-order valence-electron chi connectivity index (χ1n) is 5.34. The van der Waals surface area contributed by atoms with Crippen LogP contribution in [0.15, 0.2) is 23.3 Å². The highest BCUT2D eigenvalue weighted by atomic mass is 35.5. The number of hydrazone groups is 1. The molecule has 1 rings (SSSR count). The fourth-order valence-electron chi connectivity index (χ4n) is 1.26. The van der Waals surface area contributed by atoms with Crippen molar-refractivity contribution in [3.63, 3.8) is 0 Å². The van der Waals surface area contributed by atoms with Crippen molar-refractivity contribution in [1.82, 2.24) is 16.1 Å². The molecule has 0 aliphatic carbocycles. The van der Waals surface area contributed by atoms with E-state index in [1.165, 1.54) is 6.07 Å². The van der Waals surface area contributed by atoms with E-state index in [-0.39, 0.29) is 21.3 Å². The molecule has 11 heteroatoms. The Morgan fingerprint density at radius 3 is 2.29 bits per heavy atom. The molecule has 0 aromatic heterocycles. The van der Waals surface area contributed by atoms with E-state index < -0.39 is 11.9 Å². The van der Waals surface area contributed by atoms with E-state index in [9.17, 15) is 4.79 Å². The maximum Gasteiger partial charge on any atom is 0.207 e. The van der Waals surface area contributed by atoms with E-state index in [1.807, 2.05) is 0 Å². The first-order valence-corrected chi connectivity index (χ1v) is 6.10. The SMILES string of the molecule is N=C(N)NN(N=C(C=O)c1cccc(Cl)c1Cl)NC(=N)N. The molecular formula is C10H12Cl2N8O. The number of rotatable bonds is 5. The Labute approximate surface area is 129 Å². The largest absolute Gasteiger partial charge is 0.369 e. The van der Waals surface area contributed by atoms with Crippen molar-refractivity contribution in [2.45, 2.75) is 0 Å². The summed E-state index contributed by atoms with van der Waals surface area (Å²) >= 11 is 11.9. The molecular weight excluding hydrogens is 319 g/mol. The minimum Gasteiger partial charge on any atom is -0.369 e. The number of hydrogen-bond donors (Lipinski definition) is 6. The number of guanidine groups is 2. The van der Waals surface area contributed by atoms with Crippen LogP contribution < -0.4 is 22.3 Å². The van der Waals surface area contributed by atoms with Crippen LogP contribution in [0.25, 0.3) is 0 Å². The first-order chi connectivity index (χ1) is 9.85. The van der Waals surface area contributed by atoms with Crippen molar-refractivity contribution in [3.8, 4) is 0 Å². The lowest BCUT2D eigenvalue weighted by atomic mass is 10.1. The predicted molar refractivity (Wildman–Crippen MR) is 81.0 cm³/mol. The second kappa shape index (κ2) is 7.31. The number of hydrogen-bond acceptors (Lipinski definition) is 5. The van der Waals surface area contributed by atoms with Crippen LogP contribution in [0.4, 0.5) is 0 Å². The molecule has 0 bridgehead atoms. The third kappa shape index (κ3) is 4.82. The average molecular weight is 331 g/mol. The molecule has 8 N–H and O–H groups in total. The van der Waals surface area contributed by atoms with Crippen LogP contribution in [-0.2, 0) is 4.79 Å². The van der Waals surface area contributed by atoms with Crippen molar-refractivity contribution in [2.75, 3.05) is 0 Å². The Morgan fingerprint density at radius 2 is 1.81 bits per heavy atom. The second-order valence-corrected chi connectivity index (χ2v) is 4.35. The summed E-state index contributed by atoms with van der Waals surface area (Å²) in [5.74, 6) is -0.982. The molecule has 9 nitrogen and oxygen atoms in total. The van der Waals surface area contributed by atoms with E-state index in [2.05, 4.69) is 16.0 Å². The fourth-order valence-corrected chi connectivity index (χ4v) is 1.65. The van der Waals surface area contributed by atoms with Gasteiger partial charge in [-0.3, -0.25) is 15.6 Å². The van der Waals surface area contributed by atoms with Gasteiger partial charge >= 0.3 is 0 Å². The van der Waals surface area contributed by atoms with Crippen LogP contribution in [0.1, 0.15) is 5.56 Å². The third-order valence-corrected chi connectivity index (χ3v) is 2.82. The average Bonchev–Trinajstić information content (AvgIpc) is 2.38. The molecule has 1 aromatic carbocycles. The van der Waals surface area contributed by atoms with Crippen LogP contribution >= 0.6 is 23.2 Å². The maximum atomic E-state index is 11.2. The summed E-state index contributed by atoms with van der Waals surface area (Å²) in [6.45, 7) is 0. The van der Waals surface area contributed by atoms with Gasteiger partial charge in [0.05, 0.1) is 10.0 Å². The number of nitrogens with one attached hydrogen (secondary N) is 4. The molecule has 0 aliphatic heterocycles. The van der Waals surface area contributed by atoms with Gasteiger partial charge in [-0.25, -0.2) is 10.9 Å². The highest BCUT2D eigenvalue weighted by Gasteiger charge is 2.13. The number of hydrazine groups is 2. The standard InChI is InChI=1S/C10H12Cl2N8O/c11-6-3-1-2-5(8(6)12)7(4-21)17-20(18-9(13)14)19-10(15)16/h1-4H,(H4,13,14,18)(H4,15,16,19). The number of nitrogens with zero attached hydrogens (tertiary/aromatic N) is 2. The molecule has 0 aliphatic rings. The molecule has 0 fully saturated rings. The first kappa shape index (κ1) is 16.5. The van der Waals surface area contributed by atoms with Gasteiger partial charge in [-0.2, -0.15) is 0 Å². The van der Waals surface area contributed by atoms with E-state index in [4.69, 9.17) is 45.5 Å². The Bertz CT molecular complexity index is 587. The van der Waals surface area contributed by atoms with Crippen LogP contribution in [-0.4, -0.2) is 29.1 Å². The summed E-state index contributed by atoms with van der Waals surface area (Å²) in [6, 6.07) is 4.67. The van der Waals surface area contributed by atoms with E-state index in [0.717, 1.165) is 5.23 Å². The van der Waals surface area contributed by atoms with Gasteiger partial charge in [0.15, 0.2) is 6.29 Å². The Morgan fingerprint density at radius 1 is 1.24 bits per heavy atom. The van der Waals surface area contributed by atoms with Gasteiger partial charge < -0.3 is 11.5 Å². The lowest BCUT2D eigenvalue weighted by Crippen LogP contribution is -2.54. The zero-order valence-electron chi connectivity index (χ0n) is 10.5. The minimum atomic E-state index is -0.491. The van der Waals surface area contributed by atoms with Crippen molar-refractivity contribution in [1.29, 1.82) is 10.8 Å². The zero-order valence-corrected chi connectivity index (χ0v) is 12.0. The van der Waals surface area contributed by atoms with Crippen LogP contribution in [0.3, 0.4) is 0 Å². The summed E-state index contributed by atoms with van der Waals surface area (Å²) in [4.78, 5) is 11.2. The number of carbonyl (C=O) groups excluding carboxylic acids is 1. The molecule has 0 saturated heterocycles. The van der Waals surface area contributed by atoms with Gasteiger partial charge in [0, 0.05) is 5.56 Å². The molecule has 112 valence electrons. The molecule has 0 spiro atoms. The molecule has 0 heterocycles. The summed E-state index contributed by atoms with van der Waals surface area (Å²) < 4.78 is 0. The van der Waals surface area contributed by atoms with Crippen molar-refractivity contribution >= 4 is 47.1 Å². The predicted octanol–water partition coefficient (Wildman–Crippen LogP) is -0.00546. The third-order valence-electron chi connectivity index (χ3n) is 2.00. The van der Waals surface area contributed by atoms with Gasteiger partial charge in [-0.15, -0.1) is 10.3 Å². The van der Waals surface area contributed by atoms with Crippen LogP contribution in [0, 0.1) is 10.8 Å². The van der Waals surface area contributed by atoms with Gasteiger partial charge in [0.25, 0.3) is 0 Å². The Kier molecular flexibility index (Phi) is 5.76. The van der Waals surface area contributed by atoms with Crippen LogP contribution in [0.2, 0.25) is 10.0 Å². The molecule has 0 radical (unpaired) electrons. The lowest BCUT2D eigenvalue weighted by Gasteiger charge is -2.20. The monoisotopic (exact) mass is 330 g/mol. The van der Waals surface area contributed by atoms with Crippen molar-refractivity contribution < 1.29 is 4.79 Å². The number of aldehydes is 1. The van der Waals surface area contributed by atoms with Gasteiger partial charge in [0.2, 0.25) is 11.9 Å². The molecule has 21 heavy (non-hydrogen) atoms. The van der Waals surface area contributed by atoms with Gasteiger partial charge in [-0.1, -0.05) is 35.3 Å². The van der Waals surface area contributed by atoms with E-state index >= 15 is 0 Å². The molecule has 0 amide bonds. The van der Waals surface area contributed by atoms with E-state index in [0.29, 0.717) is 6.29 Å². The summed E-state index contributed by atoms with van der Waals surface area (Å²) in [7, 11) is 0. The normalized spacial score (nSPS) is 10.7. The molecule has 0 saturated carbocycles. The minimum absolute atomic E-state index is 0.120. The molecule has 0 unspecified atom stereocenters. The van der Waals surface area contributed by atoms with Crippen LogP contribution in [0.5, 0.6) is 0 Å². The molecule has 0 atom stereocenters. The maximum absolute atomic E-state index is 11.2. The number of nitrogens with two attached hydrogens (primary N) is 2. The Hall–Kier alpha value is -2.52.